The number of rotatable bonds is 4. The topological polar surface area (TPSA) is 24.5 Å². The van der Waals surface area contributed by atoms with Gasteiger partial charge in [-0.1, -0.05) is 6.42 Å². The molecule has 72 valence electrons. The van der Waals surface area contributed by atoms with E-state index in [2.05, 4.69) is 17.4 Å². The maximum absolute atomic E-state index is 4.80. The largest absolute Gasteiger partial charge is 0.305 e. The van der Waals surface area contributed by atoms with Gasteiger partial charge in [0.05, 0.1) is 7.11 Å². The second kappa shape index (κ2) is 5.51. The molecule has 12 heavy (non-hydrogen) atoms. The molecular weight excluding hydrogens is 152 g/mol. The highest BCUT2D eigenvalue weighted by atomic mass is 16.6. The van der Waals surface area contributed by atoms with Crippen LogP contribution in [0.15, 0.2) is 0 Å². The fraction of sp³-hybridized carbons (Fsp3) is 1.00. The van der Waals surface area contributed by atoms with Gasteiger partial charge in [-0.3, -0.25) is 0 Å². The summed E-state index contributed by atoms with van der Waals surface area (Å²) in [6.45, 7) is 2.23. The molecule has 1 unspecified atom stereocenters. The van der Waals surface area contributed by atoms with Crippen LogP contribution in [0.1, 0.15) is 25.7 Å². The van der Waals surface area contributed by atoms with E-state index in [4.69, 9.17) is 4.84 Å². The van der Waals surface area contributed by atoms with Gasteiger partial charge in [-0.15, -0.1) is 0 Å². The van der Waals surface area contributed by atoms with E-state index in [0.29, 0.717) is 0 Å². The Morgan fingerprint density at radius 1 is 1.50 bits per heavy atom. The van der Waals surface area contributed by atoms with Crippen molar-refractivity contribution < 1.29 is 4.84 Å². The lowest BCUT2D eigenvalue weighted by atomic mass is 10.0. The van der Waals surface area contributed by atoms with E-state index < -0.39 is 0 Å². The van der Waals surface area contributed by atoms with E-state index in [1.165, 1.54) is 32.2 Å². The van der Waals surface area contributed by atoms with E-state index in [0.717, 1.165) is 12.6 Å². The van der Waals surface area contributed by atoms with Crippen molar-refractivity contribution in [3.05, 3.63) is 0 Å². The summed E-state index contributed by atoms with van der Waals surface area (Å²) < 4.78 is 0. The van der Waals surface area contributed by atoms with Crippen molar-refractivity contribution in [2.75, 3.05) is 27.2 Å². The van der Waals surface area contributed by atoms with Crippen molar-refractivity contribution in [1.29, 1.82) is 0 Å². The van der Waals surface area contributed by atoms with Crippen LogP contribution in [0.4, 0.5) is 0 Å². The van der Waals surface area contributed by atoms with Crippen LogP contribution < -0.4 is 5.48 Å². The maximum atomic E-state index is 4.80. The Kier molecular flexibility index (Phi) is 4.58. The smallest absolute Gasteiger partial charge is 0.0572 e. The van der Waals surface area contributed by atoms with Gasteiger partial charge in [-0.2, -0.15) is 0 Å². The lowest BCUT2D eigenvalue weighted by Crippen LogP contribution is -2.38. The zero-order valence-corrected chi connectivity index (χ0v) is 8.18. The Morgan fingerprint density at radius 3 is 3.00 bits per heavy atom. The molecule has 1 rings (SSSR count). The number of hydrogen-bond donors (Lipinski definition) is 1. The Morgan fingerprint density at radius 2 is 2.33 bits per heavy atom. The third kappa shape index (κ3) is 3.09. The fourth-order valence-electron chi connectivity index (χ4n) is 1.84. The van der Waals surface area contributed by atoms with E-state index in [9.17, 15) is 0 Å². The molecule has 0 bridgehead atoms. The minimum Gasteiger partial charge on any atom is -0.305 e. The summed E-state index contributed by atoms with van der Waals surface area (Å²) >= 11 is 0. The first-order chi connectivity index (χ1) is 5.84. The Balaban J connectivity index is 2.11. The summed E-state index contributed by atoms with van der Waals surface area (Å²) in [5, 5.41) is 0. The maximum Gasteiger partial charge on any atom is 0.0572 e. The molecule has 0 aromatic rings. The van der Waals surface area contributed by atoms with E-state index in [1.807, 2.05) is 0 Å². The molecule has 0 saturated carbocycles. The lowest BCUT2D eigenvalue weighted by Gasteiger charge is -2.32. The zero-order valence-electron chi connectivity index (χ0n) is 8.18. The van der Waals surface area contributed by atoms with Gasteiger partial charge in [0.1, 0.15) is 0 Å². The summed E-state index contributed by atoms with van der Waals surface area (Å²) in [6.07, 6.45) is 5.30. The van der Waals surface area contributed by atoms with Gasteiger partial charge in [0.2, 0.25) is 0 Å². The minimum atomic E-state index is 0.765. The second-order valence-corrected chi connectivity index (χ2v) is 3.52. The molecule has 0 spiro atoms. The van der Waals surface area contributed by atoms with Gasteiger partial charge in [0.25, 0.3) is 0 Å². The van der Waals surface area contributed by atoms with Gasteiger partial charge in [-0.25, -0.2) is 5.48 Å². The summed E-state index contributed by atoms with van der Waals surface area (Å²) in [7, 11) is 3.89. The van der Waals surface area contributed by atoms with Crippen LogP contribution in [0, 0.1) is 0 Å². The Bertz CT molecular complexity index is 119. The molecule has 0 amide bonds. The van der Waals surface area contributed by atoms with E-state index >= 15 is 0 Å². The Labute approximate surface area is 75.0 Å². The SMILES string of the molecule is CONCCC1CCCCN1C. The standard InChI is InChI=1S/C9H20N2O/c1-11-8-4-3-5-9(11)6-7-10-12-2/h9-10H,3-8H2,1-2H3. The molecule has 0 aromatic heterocycles. The highest BCUT2D eigenvalue weighted by Crippen LogP contribution is 2.16. The highest BCUT2D eigenvalue weighted by molar-refractivity contribution is 4.74. The van der Waals surface area contributed by atoms with Gasteiger partial charge in [0.15, 0.2) is 0 Å². The molecular formula is C9H20N2O. The van der Waals surface area contributed by atoms with Crippen molar-refractivity contribution >= 4 is 0 Å². The summed E-state index contributed by atoms with van der Waals surface area (Å²) in [5.41, 5.74) is 2.89. The predicted molar refractivity (Wildman–Crippen MR) is 49.9 cm³/mol. The van der Waals surface area contributed by atoms with Gasteiger partial charge in [0, 0.05) is 12.6 Å². The third-order valence-electron chi connectivity index (χ3n) is 2.65. The monoisotopic (exact) mass is 172 g/mol. The van der Waals surface area contributed by atoms with E-state index in [1.54, 1.807) is 7.11 Å². The van der Waals surface area contributed by atoms with Crippen LogP contribution in [-0.4, -0.2) is 38.2 Å². The van der Waals surface area contributed by atoms with Crippen LogP contribution in [0.3, 0.4) is 0 Å². The van der Waals surface area contributed by atoms with Crippen molar-refractivity contribution in [1.82, 2.24) is 10.4 Å². The van der Waals surface area contributed by atoms with Crippen LogP contribution in [0.5, 0.6) is 0 Å². The number of hydrogen-bond acceptors (Lipinski definition) is 3. The van der Waals surface area contributed by atoms with Gasteiger partial charge < -0.3 is 9.74 Å². The normalized spacial score (nSPS) is 26.0. The lowest BCUT2D eigenvalue weighted by molar-refractivity contribution is 0.0786. The third-order valence-corrected chi connectivity index (χ3v) is 2.65. The molecule has 0 aromatic carbocycles. The average Bonchev–Trinajstić information content (AvgIpc) is 2.09. The van der Waals surface area contributed by atoms with Crippen LogP contribution >= 0.6 is 0 Å². The molecule has 1 atom stereocenters. The average molecular weight is 172 g/mol. The quantitative estimate of drug-likeness (QED) is 0.506. The first kappa shape index (κ1) is 9.96. The van der Waals surface area contributed by atoms with Gasteiger partial charge >= 0.3 is 0 Å². The molecule has 1 aliphatic rings. The molecule has 3 heteroatoms. The predicted octanol–water partition coefficient (Wildman–Crippen LogP) is 1.01. The second-order valence-electron chi connectivity index (χ2n) is 3.52. The first-order valence-electron chi connectivity index (χ1n) is 4.80. The molecule has 1 aliphatic heterocycles. The molecule has 1 N–H and O–H groups in total. The van der Waals surface area contributed by atoms with Crippen LogP contribution in [0.2, 0.25) is 0 Å². The van der Waals surface area contributed by atoms with Crippen molar-refractivity contribution in [2.24, 2.45) is 0 Å². The zero-order chi connectivity index (χ0) is 8.81. The minimum absolute atomic E-state index is 0.765. The summed E-state index contributed by atoms with van der Waals surface area (Å²) in [4.78, 5) is 7.26. The molecule has 1 heterocycles. The van der Waals surface area contributed by atoms with Gasteiger partial charge in [-0.05, 0) is 32.9 Å². The van der Waals surface area contributed by atoms with Crippen LogP contribution in [0.25, 0.3) is 0 Å². The number of likely N-dealkylation sites (tertiary alicyclic amines) is 1. The van der Waals surface area contributed by atoms with Crippen LogP contribution in [-0.2, 0) is 4.84 Å². The molecule has 1 fully saturated rings. The molecule has 1 saturated heterocycles. The highest BCUT2D eigenvalue weighted by Gasteiger charge is 2.17. The molecule has 3 nitrogen and oxygen atoms in total. The van der Waals surface area contributed by atoms with E-state index in [-0.39, 0.29) is 0 Å². The molecule has 0 aliphatic carbocycles. The molecule has 0 radical (unpaired) electrons. The fourth-order valence-corrected chi connectivity index (χ4v) is 1.84. The Hall–Kier alpha value is -0.120. The van der Waals surface area contributed by atoms with Crippen molar-refractivity contribution in [3.8, 4) is 0 Å². The number of hydroxylamine groups is 1. The summed E-state index contributed by atoms with van der Waals surface area (Å²) in [5.74, 6) is 0. The van der Waals surface area contributed by atoms with Crippen molar-refractivity contribution in [3.63, 3.8) is 0 Å². The first-order valence-corrected chi connectivity index (χ1v) is 4.80. The number of nitrogens with zero attached hydrogens (tertiary/aromatic N) is 1. The number of nitrogens with one attached hydrogen (secondary N) is 1. The number of piperidine rings is 1. The van der Waals surface area contributed by atoms with Crippen molar-refractivity contribution in [2.45, 2.75) is 31.7 Å². The summed E-state index contributed by atoms with van der Waals surface area (Å²) in [6, 6.07) is 0.765.